The van der Waals surface area contributed by atoms with E-state index in [1.165, 1.54) is 18.2 Å². The van der Waals surface area contributed by atoms with Crippen molar-refractivity contribution in [1.82, 2.24) is 10.6 Å². The lowest BCUT2D eigenvalue weighted by atomic mass is 10.1. The molecule has 3 aromatic rings. The summed E-state index contributed by atoms with van der Waals surface area (Å²) in [6, 6.07) is 18.7. The summed E-state index contributed by atoms with van der Waals surface area (Å²) >= 11 is 0. The standard InChI is InChI=1S/C26H23N7O3/c34-25(31-19-6-1-16(2-7-19)23-27-11-12-28-23)18-5-10-21(22(15-18)33-36)26(35)32-20-8-3-17(4-9-20)24-29-13-14-30-24/h1-10,15H,11-14H2,(H,27,28)(H,29,30)(H,31,34)(H,32,35). The summed E-state index contributed by atoms with van der Waals surface area (Å²) in [4.78, 5) is 45.7. The molecule has 0 aliphatic carbocycles. The summed E-state index contributed by atoms with van der Waals surface area (Å²) in [5.41, 5.74) is 3.17. The topological polar surface area (TPSA) is 136 Å². The second-order valence-corrected chi connectivity index (χ2v) is 8.20. The van der Waals surface area contributed by atoms with Crippen LogP contribution in [0.25, 0.3) is 0 Å². The number of hydrogen-bond donors (Lipinski definition) is 4. The molecule has 2 aliphatic rings. The van der Waals surface area contributed by atoms with Crippen LogP contribution in [0.4, 0.5) is 17.1 Å². The number of nitrogens with one attached hydrogen (secondary N) is 4. The monoisotopic (exact) mass is 481 g/mol. The van der Waals surface area contributed by atoms with Crippen molar-refractivity contribution in [1.29, 1.82) is 0 Å². The van der Waals surface area contributed by atoms with Crippen molar-refractivity contribution in [2.75, 3.05) is 36.8 Å². The number of benzene rings is 3. The van der Waals surface area contributed by atoms with Gasteiger partial charge >= 0.3 is 0 Å². The number of carbonyl (C=O) groups is 2. The van der Waals surface area contributed by atoms with Gasteiger partial charge in [-0.2, -0.15) is 0 Å². The SMILES string of the molecule is O=Nc1cc(C(=O)Nc2ccc(C3=NCCN3)cc2)ccc1C(=O)Nc1ccc(C2=NCCN2)cc1. The highest BCUT2D eigenvalue weighted by Crippen LogP contribution is 2.23. The van der Waals surface area contributed by atoms with E-state index >= 15 is 0 Å². The minimum absolute atomic E-state index is 0.0710. The van der Waals surface area contributed by atoms with Crippen LogP contribution in [0.1, 0.15) is 31.8 Å². The maximum absolute atomic E-state index is 12.8. The summed E-state index contributed by atoms with van der Waals surface area (Å²) < 4.78 is 0. The summed E-state index contributed by atoms with van der Waals surface area (Å²) in [6.07, 6.45) is 0. The van der Waals surface area contributed by atoms with Gasteiger partial charge in [-0.1, -0.05) is 0 Å². The molecule has 0 unspecified atom stereocenters. The molecule has 10 nitrogen and oxygen atoms in total. The van der Waals surface area contributed by atoms with Gasteiger partial charge < -0.3 is 21.3 Å². The Morgan fingerprint density at radius 3 is 1.72 bits per heavy atom. The largest absolute Gasteiger partial charge is 0.368 e. The van der Waals surface area contributed by atoms with Crippen LogP contribution in [0.2, 0.25) is 0 Å². The molecular formula is C26H23N7O3. The second-order valence-electron chi connectivity index (χ2n) is 8.20. The smallest absolute Gasteiger partial charge is 0.257 e. The number of rotatable bonds is 7. The third kappa shape index (κ3) is 4.97. The van der Waals surface area contributed by atoms with Gasteiger partial charge in [0, 0.05) is 41.2 Å². The predicted molar refractivity (Wildman–Crippen MR) is 140 cm³/mol. The fraction of sp³-hybridized carbons (Fsp3) is 0.154. The summed E-state index contributed by atoms with van der Waals surface area (Å²) in [7, 11) is 0. The molecular weight excluding hydrogens is 458 g/mol. The van der Waals surface area contributed by atoms with E-state index in [9.17, 15) is 14.5 Å². The molecule has 0 saturated heterocycles. The van der Waals surface area contributed by atoms with Gasteiger partial charge in [0.1, 0.15) is 17.4 Å². The van der Waals surface area contributed by atoms with Gasteiger partial charge in [0.05, 0.1) is 18.7 Å². The molecule has 2 heterocycles. The van der Waals surface area contributed by atoms with E-state index in [1.54, 1.807) is 24.3 Å². The molecule has 0 radical (unpaired) electrons. The Bertz CT molecular complexity index is 1380. The Kier molecular flexibility index (Phi) is 6.48. The number of nitroso groups, excluding NO2 is 1. The van der Waals surface area contributed by atoms with Crippen LogP contribution in [-0.2, 0) is 0 Å². The average molecular weight is 482 g/mol. The number of nitrogens with zero attached hydrogens (tertiary/aromatic N) is 3. The van der Waals surface area contributed by atoms with E-state index < -0.39 is 11.8 Å². The average Bonchev–Trinajstić information content (AvgIpc) is 3.64. The molecule has 36 heavy (non-hydrogen) atoms. The van der Waals surface area contributed by atoms with Crippen molar-refractivity contribution in [2.24, 2.45) is 15.2 Å². The van der Waals surface area contributed by atoms with E-state index in [4.69, 9.17) is 0 Å². The molecule has 0 bridgehead atoms. The van der Waals surface area contributed by atoms with Crippen LogP contribution in [-0.4, -0.2) is 49.7 Å². The fourth-order valence-corrected chi connectivity index (χ4v) is 3.95. The van der Waals surface area contributed by atoms with E-state index in [2.05, 4.69) is 36.4 Å². The van der Waals surface area contributed by atoms with Crippen LogP contribution in [0, 0.1) is 4.91 Å². The van der Waals surface area contributed by atoms with Gasteiger partial charge in [0.15, 0.2) is 0 Å². The van der Waals surface area contributed by atoms with E-state index in [0.717, 1.165) is 49.0 Å². The van der Waals surface area contributed by atoms with E-state index in [0.29, 0.717) is 11.4 Å². The number of hydrogen-bond acceptors (Lipinski definition) is 8. The molecule has 0 spiro atoms. The van der Waals surface area contributed by atoms with Crippen molar-refractivity contribution in [3.05, 3.63) is 93.9 Å². The fourth-order valence-electron chi connectivity index (χ4n) is 3.95. The van der Waals surface area contributed by atoms with Crippen LogP contribution in [0.3, 0.4) is 0 Å². The molecule has 2 aliphatic heterocycles. The Balaban J connectivity index is 1.25. The molecule has 10 heteroatoms. The Morgan fingerprint density at radius 1 is 0.722 bits per heavy atom. The third-order valence-electron chi connectivity index (χ3n) is 5.78. The first kappa shape index (κ1) is 22.9. The molecule has 0 saturated carbocycles. The van der Waals surface area contributed by atoms with Crippen molar-refractivity contribution >= 4 is 40.5 Å². The number of amidine groups is 2. The van der Waals surface area contributed by atoms with Gasteiger partial charge in [0.25, 0.3) is 11.8 Å². The van der Waals surface area contributed by atoms with Crippen molar-refractivity contribution in [3.63, 3.8) is 0 Å². The molecule has 4 N–H and O–H groups in total. The van der Waals surface area contributed by atoms with Crippen LogP contribution < -0.4 is 21.3 Å². The lowest BCUT2D eigenvalue weighted by Crippen LogP contribution is -2.19. The zero-order chi connectivity index (χ0) is 24.9. The minimum atomic E-state index is -0.500. The highest BCUT2D eigenvalue weighted by molar-refractivity contribution is 6.10. The number of amides is 2. The van der Waals surface area contributed by atoms with Crippen molar-refractivity contribution in [3.8, 4) is 0 Å². The zero-order valence-corrected chi connectivity index (χ0v) is 19.2. The van der Waals surface area contributed by atoms with Crippen molar-refractivity contribution in [2.45, 2.75) is 0 Å². The number of anilines is 2. The Hall–Kier alpha value is -4.86. The minimum Gasteiger partial charge on any atom is -0.368 e. The quantitative estimate of drug-likeness (QED) is 0.384. The number of carbonyl (C=O) groups excluding carboxylic acids is 2. The second kappa shape index (κ2) is 10.2. The van der Waals surface area contributed by atoms with E-state index in [1.807, 2.05) is 24.3 Å². The first-order valence-electron chi connectivity index (χ1n) is 11.5. The van der Waals surface area contributed by atoms with Gasteiger partial charge in [-0.25, -0.2) is 0 Å². The molecule has 2 amide bonds. The lowest BCUT2D eigenvalue weighted by molar-refractivity contribution is 0.101. The normalized spacial score (nSPS) is 14.2. The van der Waals surface area contributed by atoms with Gasteiger partial charge in [0.2, 0.25) is 0 Å². The van der Waals surface area contributed by atoms with Crippen LogP contribution in [0.5, 0.6) is 0 Å². The Morgan fingerprint density at radius 2 is 1.25 bits per heavy atom. The molecule has 180 valence electrons. The summed E-state index contributed by atoms with van der Waals surface area (Å²) in [5.74, 6) is 0.736. The van der Waals surface area contributed by atoms with Crippen LogP contribution in [0.15, 0.2) is 81.9 Å². The Labute approximate surface area is 206 Å². The highest BCUT2D eigenvalue weighted by atomic mass is 16.3. The molecule has 3 aromatic carbocycles. The predicted octanol–water partition coefficient (Wildman–Crippen LogP) is 3.29. The first-order valence-corrected chi connectivity index (χ1v) is 11.5. The first-order chi connectivity index (χ1) is 17.6. The maximum Gasteiger partial charge on any atom is 0.257 e. The van der Waals surface area contributed by atoms with Gasteiger partial charge in [-0.15, -0.1) is 4.91 Å². The molecule has 0 fully saturated rings. The number of aliphatic imine (C=N–C) groups is 2. The summed E-state index contributed by atoms with van der Waals surface area (Å²) in [6.45, 7) is 3.11. The van der Waals surface area contributed by atoms with Crippen molar-refractivity contribution < 1.29 is 9.59 Å². The molecule has 0 aromatic heterocycles. The van der Waals surface area contributed by atoms with Gasteiger partial charge in [-0.05, 0) is 71.9 Å². The highest BCUT2D eigenvalue weighted by Gasteiger charge is 2.17. The third-order valence-corrected chi connectivity index (χ3v) is 5.78. The molecule has 5 rings (SSSR count). The summed E-state index contributed by atoms with van der Waals surface area (Å²) in [5, 5.41) is 14.9. The zero-order valence-electron chi connectivity index (χ0n) is 19.2. The maximum atomic E-state index is 12.8. The molecule has 0 atom stereocenters. The van der Waals surface area contributed by atoms with Gasteiger partial charge in [-0.3, -0.25) is 19.6 Å². The lowest BCUT2D eigenvalue weighted by Gasteiger charge is -2.10. The van der Waals surface area contributed by atoms with Crippen LogP contribution >= 0.6 is 0 Å². The van der Waals surface area contributed by atoms with E-state index in [-0.39, 0.29) is 16.8 Å².